The smallest absolute Gasteiger partial charge is 0.399 e. The fourth-order valence-electron chi connectivity index (χ4n) is 10.8. The zero-order valence-corrected chi connectivity index (χ0v) is 45.8. The summed E-state index contributed by atoms with van der Waals surface area (Å²) in [4.78, 5) is 4.71. The number of fused-ring (bicyclic) bond motifs is 3. The van der Waals surface area contributed by atoms with Gasteiger partial charge in [-0.15, -0.1) is 0 Å². The van der Waals surface area contributed by atoms with Crippen molar-refractivity contribution in [2.24, 2.45) is 0 Å². The summed E-state index contributed by atoms with van der Waals surface area (Å²) in [5.74, 6) is 0. The van der Waals surface area contributed by atoms with Crippen LogP contribution >= 0.6 is 0 Å². The van der Waals surface area contributed by atoms with E-state index in [2.05, 4.69) is 296 Å². The molecule has 0 bridgehead atoms. The van der Waals surface area contributed by atoms with Crippen LogP contribution in [0.2, 0.25) is 0 Å². The lowest BCUT2D eigenvalue weighted by Crippen LogP contribution is -2.41. The highest BCUT2D eigenvalue weighted by atomic mass is 16.7. The lowest BCUT2D eigenvalue weighted by atomic mass is 9.79. The van der Waals surface area contributed by atoms with Crippen LogP contribution in [-0.2, 0) is 18.6 Å². The van der Waals surface area contributed by atoms with E-state index in [1.54, 1.807) is 0 Å². The Labute approximate surface area is 454 Å². The van der Waals surface area contributed by atoms with Crippen molar-refractivity contribution in [2.45, 2.75) is 91.6 Å². The fourth-order valence-corrected chi connectivity index (χ4v) is 10.8. The van der Waals surface area contributed by atoms with Crippen molar-refractivity contribution in [1.29, 1.82) is 0 Å². The average molecular weight is 1010 g/mol. The van der Waals surface area contributed by atoms with Crippen LogP contribution < -0.4 is 20.7 Å². The van der Waals surface area contributed by atoms with Crippen molar-refractivity contribution in [3.05, 3.63) is 223 Å². The molecule has 0 N–H and O–H groups in total. The minimum atomic E-state index is -0.467. The van der Waals surface area contributed by atoms with Gasteiger partial charge in [-0.3, -0.25) is 0 Å². The zero-order chi connectivity index (χ0) is 53.4. The van der Waals surface area contributed by atoms with Gasteiger partial charge in [-0.05, 0) is 176 Å². The molecule has 1 aromatic heterocycles. The first kappa shape index (κ1) is 50.2. The van der Waals surface area contributed by atoms with Gasteiger partial charge in [0, 0.05) is 56.0 Å². The molecule has 0 saturated carbocycles. The Balaban J connectivity index is 1.08. The molecule has 3 heterocycles. The largest absolute Gasteiger partial charge is 0.494 e. The first-order chi connectivity index (χ1) is 36.9. The fraction of sp³-hybridized carbons (Fsp3) is 0.206. The SMILES string of the molecule is Cc1ccc(N(c2ccc(B3OC(C)(C)C(C)(C)O3)cc2)c2ccc3c(c2)c2cc(N(c4ccc(C)cc4)c4ccc(B5OC(C)(C)C(C)(C)O5)cc4)ccc2n3-c2c(-c3ccccc3)cccc2-c2ccccc2)cc1. The minimum absolute atomic E-state index is 0.445. The normalized spacial score (nSPS) is 16.3. The van der Waals surface area contributed by atoms with Gasteiger partial charge in [-0.2, -0.15) is 0 Å². The molecule has 0 aliphatic carbocycles. The predicted molar refractivity (Wildman–Crippen MR) is 322 cm³/mol. The number of nitrogens with zero attached hydrogens (tertiary/aromatic N) is 3. The van der Waals surface area contributed by atoms with E-state index in [0.29, 0.717) is 0 Å². The van der Waals surface area contributed by atoms with Gasteiger partial charge in [-0.25, -0.2) is 0 Å². The van der Waals surface area contributed by atoms with E-state index < -0.39 is 36.6 Å². The number of rotatable bonds is 11. The summed E-state index contributed by atoms with van der Waals surface area (Å²) in [6, 6.07) is 77.1. The van der Waals surface area contributed by atoms with Gasteiger partial charge < -0.3 is 33.0 Å². The molecular weight excluding hydrogens is 944 g/mol. The Morgan fingerprint density at radius 2 is 0.649 bits per heavy atom. The predicted octanol–water partition coefficient (Wildman–Crippen LogP) is 16.3. The van der Waals surface area contributed by atoms with Crippen molar-refractivity contribution in [1.82, 2.24) is 4.57 Å². The van der Waals surface area contributed by atoms with Gasteiger partial charge in [0.05, 0.1) is 39.1 Å². The molecule has 0 spiro atoms. The molecule has 0 amide bonds. The first-order valence-electron chi connectivity index (χ1n) is 26.9. The van der Waals surface area contributed by atoms with E-state index in [1.807, 2.05) is 0 Å². The summed E-state index contributed by atoms with van der Waals surface area (Å²) in [6.45, 7) is 21.0. The highest BCUT2D eigenvalue weighted by molar-refractivity contribution is 6.62. The van der Waals surface area contributed by atoms with Crippen molar-refractivity contribution in [3.8, 4) is 27.9 Å². The van der Waals surface area contributed by atoms with Crippen LogP contribution in [0.15, 0.2) is 212 Å². The molecule has 2 fully saturated rings. The Bertz CT molecular complexity index is 3500. The second-order valence-electron chi connectivity index (χ2n) is 22.9. The Morgan fingerprint density at radius 3 is 0.987 bits per heavy atom. The van der Waals surface area contributed by atoms with Crippen molar-refractivity contribution in [3.63, 3.8) is 0 Å². The number of aryl methyl sites for hydroxylation is 2. The van der Waals surface area contributed by atoms with Crippen LogP contribution in [0.3, 0.4) is 0 Å². The Hall–Kier alpha value is -7.65. The molecule has 9 aromatic carbocycles. The van der Waals surface area contributed by atoms with E-state index in [4.69, 9.17) is 18.6 Å². The van der Waals surface area contributed by atoms with Crippen LogP contribution in [0.4, 0.5) is 34.1 Å². The number of anilines is 6. The van der Waals surface area contributed by atoms with Crippen LogP contribution in [-0.4, -0.2) is 41.2 Å². The minimum Gasteiger partial charge on any atom is -0.399 e. The topological polar surface area (TPSA) is 48.3 Å². The summed E-state index contributed by atoms with van der Waals surface area (Å²) in [6.07, 6.45) is 0. The Kier molecular flexibility index (Phi) is 12.5. The molecule has 77 heavy (non-hydrogen) atoms. The maximum Gasteiger partial charge on any atom is 0.494 e. The lowest BCUT2D eigenvalue weighted by Gasteiger charge is -2.32. The molecule has 2 saturated heterocycles. The van der Waals surface area contributed by atoms with Crippen LogP contribution in [0.1, 0.15) is 66.5 Å². The summed E-state index contributed by atoms with van der Waals surface area (Å²) in [7, 11) is -0.934. The molecule has 2 aliphatic rings. The monoisotopic (exact) mass is 1010 g/mol. The third-order valence-corrected chi connectivity index (χ3v) is 16.6. The highest BCUT2D eigenvalue weighted by Crippen LogP contribution is 2.47. The van der Waals surface area contributed by atoms with Gasteiger partial charge in [0.25, 0.3) is 0 Å². The number of benzene rings is 9. The van der Waals surface area contributed by atoms with E-state index >= 15 is 0 Å². The highest BCUT2D eigenvalue weighted by Gasteiger charge is 2.52. The Morgan fingerprint density at radius 1 is 0.338 bits per heavy atom. The maximum atomic E-state index is 6.51. The summed E-state index contributed by atoms with van der Waals surface area (Å²) < 4.78 is 28.5. The standard InChI is InChI=1S/C68H65B2N3O4/c1-46-24-32-52(33-25-46)71(54-36-28-50(29-37-54)69-74-65(3,4)66(5,6)75-69)56-40-42-62-60(44-56)61-45-57(72(53-34-26-47(2)27-35-53)55-38-30-51(31-39-55)70-76-67(7,8)68(9,10)77-70)41-43-63(61)73(62)64-58(48-18-13-11-14-19-48)22-17-23-59(64)49-20-15-12-16-21-49/h11-45H,1-10H3. The van der Waals surface area contributed by atoms with Gasteiger partial charge in [0.15, 0.2) is 0 Å². The van der Waals surface area contributed by atoms with Gasteiger partial charge in [-0.1, -0.05) is 139 Å². The van der Waals surface area contributed by atoms with E-state index in [-0.39, 0.29) is 0 Å². The number of hydrogen-bond acceptors (Lipinski definition) is 6. The molecule has 0 unspecified atom stereocenters. The molecule has 2 aliphatic heterocycles. The van der Waals surface area contributed by atoms with Crippen molar-refractivity contribution in [2.75, 3.05) is 9.80 Å². The number of aromatic nitrogens is 1. The third-order valence-electron chi connectivity index (χ3n) is 16.6. The van der Waals surface area contributed by atoms with E-state index in [9.17, 15) is 0 Å². The van der Waals surface area contributed by atoms with Crippen molar-refractivity contribution < 1.29 is 18.6 Å². The van der Waals surface area contributed by atoms with Crippen LogP contribution in [0.25, 0.3) is 49.7 Å². The van der Waals surface area contributed by atoms with Gasteiger partial charge >= 0.3 is 14.2 Å². The molecule has 12 rings (SSSR count). The summed E-state index contributed by atoms with van der Waals surface area (Å²) in [5, 5.41) is 2.24. The average Bonchev–Trinajstić information content (AvgIpc) is 4.08. The van der Waals surface area contributed by atoms with Crippen molar-refractivity contribution >= 4 is 81.1 Å². The molecule has 10 aromatic rings. The quantitative estimate of drug-likeness (QED) is 0.120. The zero-order valence-electron chi connectivity index (χ0n) is 45.8. The molecule has 0 atom stereocenters. The van der Waals surface area contributed by atoms with Gasteiger partial charge in [0.2, 0.25) is 0 Å². The van der Waals surface area contributed by atoms with Gasteiger partial charge in [0.1, 0.15) is 0 Å². The number of para-hydroxylation sites is 1. The lowest BCUT2D eigenvalue weighted by molar-refractivity contribution is 0.00578. The van der Waals surface area contributed by atoms with Crippen LogP contribution in [0.5, 0.6) is 0 Å². The maximum absolute atomic E-state index is 6.51. The second-order valence-corrected chi connectivity index (χ2v) is 22.9. The first-order valence-corrected chi connectivity index (χ1v) is 26.9. The van der Waals surface area contributed by atoms with E-state index in [1.165, 1.54) is 11.1 Å². The third kappa shape index (κ3) is 9.05. The molecule has 7 nitrogen and oxygen atoms in total. The molecule has 382 valence electrons. The number of hydrogen-bond donors (Lipinski definition) is 0. The summed E-state index contributed by atoms with van der Waals surface area (Å²) in [5.41, 5.74) is 16.7. The van der Waals surface area contributed by atoms with Crippen LogP contribution in [0, 0.1) is 13.8 Å². The van der Waals surface area contributed by atoms with E-state index in [0.717, 1.165) is 94.8 Å². The summed E-state index contributed by atoms with van der Waals surface area (Å²) >= 11 is 0. The molecule has 0 radical (unpaired) electrons. The second kappa shape index (κ2) is 19.1. The molecular formula is C68H65B2N3O4. The molecule has 9 heteroatoms.